The third-order valence-electron chi connectivity index (χ3n) is 3.26. The van der Waals surface area contributed by atoms with Crippen LogP contribution in [-0.4, -0.2) is 37.2 Å². The molecule has 0 unspecified atom stereocenters. The molecular formula is C16H28N2O. The van der Waals surface area contributed by atoms with Crippen LogP contribution in [-0.2, 0) is 6.54 Å². The summed E-state index contributed by atoms with van der Waals surface area (Å²) in [6.07, 6.45) is 0. The normalized spacial score (nSPS) is 11.6. The lowest BCUT2D eigenvalue weighted by molar-refractivity contribution is 0.207. The average molecular weight is 264 g/mol. The molecule has 1 aromatic rings. The molecular weight excluding hydrogens is 236 g/mol. The van der Waals surface area contributed by atoms with E-state index in [1.807, 2.05) is 12.1 Å². The molecule has 0 aliphatic heterocycles. The zero-order valence-corrected chi connectivity index (χ0v) is 12.9. The van der Waals surface area contributed by atoms with Crippen molar-refractivity contribution in [3.63, 3.8) is 0 Å². The molecule has 3 heteroatoms. The minimum atomic E-state index is 0.486. The second-order valence-electron chi connectivity index (χ2n) is 5.57. The molecule has 1 aromatic carbocycles. The Morgan fingerprint density at radius 3 is 2.47 bits per heavy atom. The minimum Gasteiger partial charge on any atom is -0.492 e. The Hall–Kier alpha value is -1.06. The molecule has 0 radical (unpaired) electrons. The minimum absolute atomic E-state index is 0.486. The van der Waals surface area contributed by atoms with Gasteiger partial charge in [-0.15, -0.1) is 0 Å². The number of nitrogens with one attached hydrogen (secondary N) is 1. The standard InChI is InChI=1S/C16H28N2O/c1-13(2)17-12-15-8-6-7-9-16(15)19-11-10-18(5)14(3)4/h6-9,13-14,17H,10-12H2,1-5H3. The maximum absolute atomic E-state index is 5.91. The van der Waals surface area contributed by atoms with Gasteiger partial charge in [-0.2, -0.15) is 0 Å². The predicted molar refractivity (Wildman–Crippen MR) is 81.7 cm³/mol. The first-order valence-corrected chi connectivity index (χ1v) is 7.15. The second-order valence-corrected chi connectivity index (χ2v) is 5.57. The Balaban J connectivity index is 2.48. The van der Waals surface area contributed by atoms with E-state index in [1.165, 1.54) is 5.56 Å². The Morgan fingerprint density at radius 1 is 1.16 bits per heavy atom. The smallest absolute Gasteiger partial charge is 0.123 e. The van der Waals surface area contributed by atoms with Gasteiger partial charge in [0, 0.05) is 30.7 Å². The Bertz CT molecular complexity index is 364. The van der Waals surface area contributed by atoms with Gasteiger partial charge in [0.1, 0.15) is 12.4 Å². The Morgan fingerprint density at radius 2 is 1.84 bits per heavy atom. The summed E-state index contributed by atoms with van der Waals surface area (Å²) in [5.41, 5.74) is 1.23. The van der Waals surface area contributed by atoms with Crippen LogP contribution in [0.3, 0.4) is 0 Å². The molecule has 19 heavy (non-hydrogen) atoms. The molecule has 1 rings (SSSR count). The summed E-state index contributed by atoms with van der Waals surface area (Å²) < 4.78 is 5.91. The zero-order chi connectivity index (χ0) is 14.3. The molecule has 0 atom stereocenters. The molecule has 0 aromatic heterocycles. The molecule has 3 nitrogen and oxygen atoms in total. The summed E-state index contributed by atoms with van der Waals surface area (Å²) in [7, 11) is 2.13. The van der Waals surface area contributed by atoms with Crippen LogP contribution in [0.2, 0.25) is 0 Å². The molecule has 0 fully saturated rings. The van der Waals surface area contributed by atoms with Gasteiger partial charge < -0.3 is 15.0 Å². The highest BCUT2D eigenvalue weighted by Crippen LogP contribution is 2.17. The number of benzene rings is 1. The highest BCUT2D eigenvalue weighted by molar-refractivity contribution is 5.33. The van der Waals surface area contributed by atoms with Crippen molar-refractivity contribution in [2.45, 2.75) is 46.3 Å². The Labute approximate surface area is 118 Å². The molecule has 0 saturated carbocycles. The first-order chi connectivity index (χ1) is 9.00. The van der Waals surface area contributed by atoms with Gasteiger partial charge in [0.15, 0.2) is 0 Å². The van der Waals surface area contributed by atoms with Crippen LogP contribution >= 0.6 is 0 Å². The first kappa shape index (κ1) is 16.0. The van der Waals surface area contributed by atoms with E-state index in [0.29, 0.717) is 12.1 Å². The number of para-hydroxylation sites is 1. The van der Waals surface area contributed by atoms with Gasteiger partial charge in [-0.3, -0.25) is 0 Å². The molecule has 0 saturated heterocycles. The van der Waals surface area contributed by atoms with Gasteiger partial charge in [-0.25, -0.2) is 0 Å². The van der Waals surface area contributed by atoms with Gasteiger partial charge in [0.2, 0.25) is 0 Å². The van der Waals surface area contributed by atoms with Crippen LogP contribution in [0.1, 0.15) is 33.3 Å². The monoisotopic (exact) mass is 264 g/mol. The summed E-state index contributed by atoms with van der Waals surface area (Å²) >= 11 is 0. The van der Waals surface area contributed by atoms with Gasteiger partial charge in [0.25, 0.3) is 0 Å². The molecule has 0 aliphatic rings. The molecule has 0 aliphatic carbocycles. The summed E-state index contributed by atoms with van der Waals surface area (Å²) in [6, 6.07) is 9.30. The molecule has 1 N–H and O–H groups in total. The van der Waals surface area contributed by atoms with Crippen molar-refractivity contribution in [1.29, 1.82) is 0 Å². The number of hydrogen-bond donors (Lipinski definition) is 1. The van der Waals surface area contributed by atoms with Gasteiger partial charge in [0.05, 0.1) is 0 Å². The third-order valence-corrected chi connectivity index (χ3v) is 3.26. The first-order valence-electron chi connectivity index (χ1n) is 7.15. The van der Waals surface area contributed by atoms with E-state index in [0.717, 1.165) is 25.4 Å². The summed E-state index contributed by atoms with van der Waals surface area (Å²) in [5, 5.41) is 3.43. The van der Waals surface area contributed by atoms with Crippen molar-refractivity contribution in [3.8, 4) is 5.75 Å². The highest BCUT2D eigenvalue weighted by Gasteiger charge is 2.06. The fourth-order valence-electron chi connectivity index (χ4n) is 1.66. The predicted octanol–water partition coefficient (Wildman–Crippen LogP) is 2.90. The zero-order valence-electron chi connectivity index (χ0n) is 12.9. The fraction of sp³-hybridized carbons (Fsp3) is 0.625. The van der Waals surface area contributed by atoms with E-state index in [4.69, 9.17) is 4.74 Å². The number of ether oxygens (including phenoxy) is 1. The van der Waals surface area contributed by atoms with Crippen LogP contribution in [0, 0.1) is 0 Å². The van der Waals surface area contributed by atoms with Crippen molar-refractivity contribution in [3.05, 3.63) is 29.8 Å². The van der Waals surface area contributed by atoms with E-state index in [9.17, 15) is 0 Å². The van der Waals surface area contributed by atoms with Crippen LogP contribution in [0.15, 0.2) is 24.3 Å². The topological polar surface area (TPSA) is 24.5 Å². The van der Waals surface area contributed by atoms with Gasteiger partial charge in [-0.1, -0.05) is 32.0 Å². The van der Waals surface area contributed by atoms with E-state index >= 15 is 0 Å². The number of likely N-dealkylation sites (N-methyl/N-ethyl adjacent to an activating group) is 1. The number of rotatable bonds is 8. The average Bonchev–Trinajstić information content (AvgIpc) is 2.37. The fourth-order valence-corrected chi connectivity index (χ4v) is 1.66. The molecule has 108 valence electrons. The molecule has 0 bridgehead atoms. The van der Waals surface area contributed by atoms with Crippen molar-refractivity contribution in [1.82, 2.24) is 10.2 Å². The van der Waals surface area contributed by atoms with Gasteiger partial charge >= 0.3 is 0 Å². The quantitative estimate of drug-likeness (QED) is 0.781. The lowest BCUT2D eigenvalue weighted by atomic mass is 10.2. The number of nitrogens with zero attached hydrogens (tertiary/aromatic N) is 1. The summed E-state index contributed by atoms with van der Waals surface area (Å²) in [6.45, 7) is 11.2. The lowest BCUT2D eigenvalue weighted by Crippen LogP contribution is -2.30. The highest BCUT2D eigenvalue weighted by atomic mass is 16.5. The van der Waals surface area contributed by atoms with Crippen LogP contribution in [0.25, 0.3) is 0 Å². The van der Waals surface area contributed by atoms with E-state index < -0.39 is 0 Å². The SMILES string of the molecule is CC(C)NCc1ccccc1OCCN(C)C(C)C. The van der Waals surface area contributed by atoms with Crippen molar-refractivity contribution >= 4 is 0 Å². The third kappa shape index (κ3) is 6.08. The van der Waals surface area contributed by atoms with E-state index in [1.54, 1.807) is 0 Å². The second kappa shape index (κ2) is 8.18. The summed E-state index contributed by atoms with van der Waals surface area (Å²) in [5.74, 6) is 0.993. The van der Waals surface area contributed by atoms with Crippen LogP contribution < -0.4 is 10.1 Å². The number of hydrogen-bond acceptors (Lipinski definition) is 3. The molecule has 0 spiro atoms. The Kier molecular flexibility index (Phi) is 6.89. The van der Waals surface area contributed by atoms with Crippen LogP contribution in [0.4, 0.5) is 0 Å². The molecule has 0 amide bonds. The molecule has 0 heterocycles. The van der Waals surface area contributed by atoms with Crippen LogP contribution in [0.5, 0.6) is 5.75 Å². The summed E-state index contributed by atoms with van der Waals surface area (Å²) in [4.78, 5) is 2.29. The van der Waals surface area contributed by atoms with Crippen molar-refractivity contribution in [2.75, 3.05) is 20.2 Å². The van der Waals surface area contributed by atoms with E-state index in [-0.39, 0.29) is 0 Å². The largest absolute Gasteiger partial charge is 0.492 e. The lowest BCUT2D eigenvalue weighted by Gasteiger charge is -2.21. The van der Waals surface area contributed by atoms with Crippen molar-refractivity contribution < 1.29 is 4.74 Å². The maximum Gasteiger partial charge on any atom is 0.123 e. The van der Waals surface area contributed by atoms with Crippen molar-refractivity contribution in [2.24, 2.45) is 0 Å². The van der Waals surface area contributed by atoms with Gasteiger partial charge in [-0.05, 0) is 27.0 Å². The maximum atomic E-state index is 5.91. The van der Waals surface area contributed by atoms with E-state index in [2.05, 4.69) is 57.1 Å².